The first-order chi connectivity index (χ1) is 8.18. The van der Waals surface area contributed by atoms with E-state index in [0.717, 1.165) is 42.6 Å². The van der Waals surface area contributed by atoms with Crippen LogP contribution < -0.4 is 0 Å². The largest absolute Gasteiger partial charge is 0.506 e. The Labute approximate surface area is 111 Å². The van der Waals surface area contributed by atoms with Gasteiger partial charge in [0, 0.05) is 31.4 Å². The minimum Gasteiger partial charge on any atom is -0.506 e. The van der Waals surface area contributed by atoms with Crippen LogP contribution in [0.3, 0.4) is 0 Å². The number of phenolic OH excluding ortho intramolecular Hbond substituents is 1. The summed E-state index contributed by atoms with van der Waals surface area (Å²) in [7, 11) is 2.11. The van der Waals surface area contributed by atoms with E-state index in [9.17, 15) is 5.11 Å². The summed E-state index contributed by atoms with van der Waals surface area (Å²) < 4.78 is 6.12. The minimum atomic E-state index is 0.353. The summed E-state index contributed by atoms with van der Waals surface area (Å²) >= 11 is 3.34. The van der Waals surface area contributed by atoms with Crippen molar-refractivity contribution in [3.05, 3.63) is 28.2 Å². The van der Waals surface area contributed by atoms with Crippen LogP contribution in [-0.4, -0.2) is 36.3 Å². The topological polar surface area (TPSA) is 32.7 Å². The summed E-state index contributed by atoms with van der Waals surface area (Å²) in [6.45, 7) is 2.47. The molecular weight excluding hydrogens is 282 g/mol. The van der Waals surface area contributed by atoms with Crippen LogP contribution in [-0.2, 0) is 11.3 Å². The third-order valence-electron chi connectivity index (χ3n) is 3.30. The van der Waals surface area contributed by atoms with Crippen LogP contribution in [0.15, 0.2) is 22.7 Å². The zero-order chi connectivity index (χ0) is 12.3. The van der Waals surface area contributed by atoms with Crippen molar-refractivity contribution in [1.82, 2.24) is 4.90 Å². The maximum atomic E-state index is 9.95. The molecule has 4 heteroatoms. The third kappa shape index (κ3) is 3.21. The lowest BCUT2D eigenvalue weighted by molar-refractivity contribution is 0.0405. The fourth-order valence-corrected chi connectivity index (χ4v) is 2.62. The maximum absolute atomic E-state index is 9.95. The van der Waals surface area contributed by atoms with Gasteiger partial charge >= 0.3 is 0 Å². The molecule has 3 nitrogen and oxygen atoms in total. The second kappa shape index (κ2) is 5.85. The Hall–Kier alpha value is -0.580. The summed E-state index contributed by atoms with van der Waals surface area (Å²) in [5.74, 6) is 0.353. The minimum absolute atomic E-state index is 0.353. The lowest BCUT2D eigenvalue weighted by Crippen LogP contribution is -2.36. The first-order valence-corrected chi connectivity index (χ1v) is 6.72. The molecule has 17 heavy (non-hydrogen) atoms. The Kier molecular flexibility index (Phi) is 4.42. The lowest BCUT2D eigenvalue weighted by Gasteiger charge is -2.31. The van der Waals surface area contributed by atoms with E-state index >= 15 is 0 Å². The average Bonchev–Trinajstić information content (AvgIpc) is 2.36. The van der Waals surface area contributed by atoms with Gasteiger partial charge < -0.3 is 9.84 Å². The Morgan fingerprint density at radius 3 is 2.82 bits per heavy atom. The third-order valence-corrected chi connectivity index (χ3v) is 3.94. The van der Waals surface area contributed by atoms with Crippen LogP contribution in [0.1, 0.15) is 18.4 Å². The van der Waals surface area contributed by atoms with E-state index in [-0.39, 0.29) is 0 Å². The summed E-state index contributed by atoms with van der Waals surface area (Å²) in [5, 5.41) is 9.95. The van der Waals surface area contributed by atoms with Crippen molar-refractivity contribution in [1.29, 1.82) is 0 Å². The molecule has 0 spiro atoms. The summed E-state index contributed by atoms with van der Waals surface area (Å²) in [4.78, 5) is 2.30. The molecule has 1 aliphatic rings. The smallest absolute Gasteiger partial charge is 0.134 e. The van der Waals surface area contributed by atoms with Crippen LogP contribution in [0, 0.1) is 0 Å². The van der Waals surface area contributed by atoms with Gasteiger partial charge in [0.1, 0.15) is 5.75 Å². The SMILES string of the molecule is CN(Cc1cccc(Br)c1O)C1CCOCC1. The van der Waals surface area contributed by atoms with Crippen LogP contribution in [0.4, 0.5) is 0 Å². The van der Waals surface area contributed by atoms with Crippen LogP contribution in [0.5, 0.6) is 5.75 Å². The highest BCUT2D eigenvalue weighted by Crippen LogP contribution is 2.29. The number of halogens is 1. The van der Waals surface area contributed by atoms with E-state index in [1.165, 1.54) is 0 Å². The first kappa shape index (κ1) is 12.9. The number of nitrogens with zero attached hydrogens (tertiary/aromatic N) is 1. The van der Waals surface area contributed by atoms with Gasteiger partial charge in [-0.05, 0) is 41.9 Å². The van der Waals surface area contributed by atoms with Gasteiger partial charge in [-0.3, -0.25) is 4.90 Å². The zero-order valence-corrected chi connectivity index (χ0v) is 11.6. The molecule has 0 aliphatic carbocycles. The molecule has 94 valence electrons. The van der Waals surface area contributed by atoms with Crippen molar-refractivity contribution in [2.45, 2.75) is 25.4 Å². The number of rotatable bonds is 3. The molecule has 0 saturated carbocycles. The molecular formula is C13H18BrNO2. The highest BCUT2D eigenvalue weighted by Gasteiger charge is 2.19. The number of hydrogen-bond acceptors (Lipinski definition) is 3. The molecule has 0 aromatic heterocycles. The predicted molar refractivity (Wildman–Crippen MR) is 71.1 cm³/mol. The Bertz CT molecular complexity index is 378. The average molecular weight is 300 g/mol. The molecule has 0 unspecified atom stereocenters. The predicted octanol–water partition coefficient (Wildman–Crippen LogP) is 2.77. The summed E-state index contributed by atoms with van der Waals surface area (Å²) in [6, 6.07) is 6.34. The van der Waals surface area contributed by atoms with E-state index in [0.29, 0.717) is 11.8 Å². The molecule has 0 atom stereocenters. The Morgan fingerprint density at radius 2 is 2.12 bits per heavy atom. The molecule has 1 heterocycles. The molecule has 0 bridgehead atoms. The number of phenols is 1. The van der Waals surface area contributed by atoms with E-state index in [2.05, 4.69) is 27.9 Å². The normalized spacial score (nSPS) is 17.6. The number of aromatic hydroxyl groups is 1. The van der Waals surface area contributed by atoms with Crippen LogP contribution in [0.2, 0.25) is 0 Å². The molecule has 1 aromatic rings. The van der Waals surface area contributed by atoms with Gasteiger partial charge in [0.25, 0.3) is 0 Å². The highest BCUT2D eigenvalue weighted by atomic mass is 79.9. The Balaban J connectivity index is 2.01. The van der Waals surface area contributed by atoms with Gasteiger partial charge in [0.05, 0.1) is 4.47 Å². The maximum Gasteiger partial charge on any atom is 0.134 e. The number of hydrogen-bond donors (Lipinski definition) is 1. The molecule has 1 aromatic carbocycles. The molecule has 1 N–H and O–H groups in total. The van der Waals surface area contributed by atoms with Crippen molar-refractivity contribution in [3.8, 4) is 5.75 Å². The second-order valence-corrected chi connectivity index (χ2v) is 5.36. The van der Waals surface area contributed by atoms with Gasteiger partial charge in [0.2, 0.25) is 0 Å². The number of para-hydroxylation sites is 1. The fourth-order valence-electron chi connectivity index (χ4n) is 2.21. The van der Waals surface area contributed by atoms with Gasteiger partial charge in [-0.15, -0.1) is 0 Å². The Morgan fingerprint density at radius 1 is 1.41 bits per heavy atom. The van der Waals surface area contributed by atoms with Crippen molar-refractivity contribution in [3.63, 3.8) is 0 Å². The zero-order valence-electron chi connectivity index (χ0n) is 10.0. The molecule has 1 saturated heterocycles. The van der Waals surface area contributed by atoms with Crippen molar-refractivity contribution in [2.75, 3.05) is 20.3 Å². The van der Waals surface area contributed by atoms with E-state index in [4.69, 9.17) is 4.74 Å². The standard InChI is InChI=1S/C13H18BrNO2/c1-15(11-5-7-17-8-6-11)9-10-3-2-4-12(14)13(10)16/h2-4,11,16H,5-9H2,1H3. The fraction of sp³-hybridized carbons (Fsp3) is 0.538. The first-order valence-electron chi connectivity index (χ1n) is 5.93. The quantitative estimate of drug-likeness (QED) is 0.931. The molecule has 0 radical (unpaired) electrons. The van der Waals surface area contributed by atoms with Gasteiger partial charge in [-0.1, -0.05) is 12.1 Å². The molecule has 1 aliphatic heterocycles. The lowest BCUT2D eigenvalue weighted by atomic mass is 10.1. The van der Waals surface area contributed by atoms with Crippen molar-refractivity contribution < 1.29 is 9.84 Å². The van der Waals surface area contributed by atoms with E-state index < -0.39 is 0 Å². The monoisotopic (exact) mass is 299 g/mol. The second-order valence-electron chi connectivity index (χ2n) is 4.51. The van der Waals surface area contributed by atoms with Crippen molar-refractivity contribution >= 4 is 15.9 Å². The number of benzene rings is 1. The summed E-state index contributed by atoms with van der Waals surface area (Å²) in [6.07, 6.45) is 2.15. The van der Waals surface area contributed by atoms with E-state index in [1.807, 2.05) is 18.2 Å². The summed E-state index contributed by atoms with van der Waals surface area (Å²) in [5.41, 5.74) is 0.966. The van der Waals surface area contributed by atoms with Crippen LogP contribution >= 0.6 is 15.9 Å². The van der Waals surface area contributed by atoms with Gasteiger partial charge in [-0.25, -0.2) is 0 Å². The van der Waals surface area contributed by atoms with Gasteiger partial charge in [-0.2, -0.15) is 0 Å². The van der Waals surface area contributed by atoms with Crippen molar-refractivity contribution in [2.24, 2.45) is 0 Å². The van der Waals surface area contributed by atoms with Crippen LogP contribution in [0.25, 0.3) is 0 Å². The van der Waals surface area contributed by atoms with E-state index in [1.54, 1.807) is 0 Å². The molecule has 0 amide bonds. The molecule has 2 rings (SSSR count). The highest BCUT2D eigenvalue weighted by molar-refractivity contribution is 9.10. The van der Waals surface area contributed by atoms with Gasteiger partial charge in [0.15, 0.2) is 0 Å². The number of ether oxygens (including phenoxy) is 1. The molecule has 1 fully saturated rings.